The summed E-state index contributed by atoms with van der Waals surface area (Å²) in [5.74, 6) is 4.64. The molecule has 0 saturated heterocycles. The molecule has 0 radical (unpaired) electrons. The third-order valence-electron chi connectivity index (χ3n) is 1.97. The highest BCUT2D eigenvalue weighted by atomic mass is 32.2. The van der Waals surface area contributed by atoms with Gasteiger partial charge in [-0.15, -0.1) is 0 Å². The highest BCUT2D eigenvalue weighted by Gasteiger charge is 2.33. The van der Waals surface area contributed by atoms with E-state index in [1.807, 2.05) is 5.43 Å². The van der Waals surface area contributed by atoms with Crippen LogP contribution in [-0.2, 0) is 6.18 Å². The fraction of sp³-hybridized carbons (Fsp3) is 0.111. The first-order chi connectivity index (χ1) is 9.38. The Morgan fingerprint density at radius 3 is 2.70 bits per heavy atom. The quantitative estimate of drug-likeness (QED) is 0.336. The van der Waals surface area contributed by atoms with Crippen molar-refractivity contribution < 1.29 is 13.2 Å². The monoisotopic (exact) mass is 304 g/mol. The SMILES string of the molecule is NNc1nc(Sc2nccc(=O)[nH]2)cc(C(F)(F)F)n1. The molecule has 2 aromatic heterocycles. The van der Waals surface area contributed by atoms with E-state index in [0.29, 0.717) is 0 Å². The van der Waals surface area contributed by atoms with E-state index in [-0.39, 0.29) is 16.1 Å². The van der Waals surface area contributed by atoms with Crippen LogP contribution < -0.4 is 16.8 Å². The van der Waals surface area contributed by atoms with Crippen LogP contribution in [0.25, 0.3) is 0 Å². The van der Waals surface area contributed by atoms with Crippen LogP contribution in [0.5, 0.6) is 0 Å². The number of anilines is 1. The lowest BCUT2D eigenvalue weighted by atomic mass is 10.4. The third-order valence-corrected chi connectivity index (χ3v) is 2.79. The molecule has 20 heavy (non-hydrogen) atoms. The Labute approximate surface area is 113 Å². The Hall–Kier alpha value is -2.14. The molecule has 0 fully saturated rings. The van der Waals surface area contributed by atoms with E-state index in [9.17, 15) is 18.0 Å². The second-order valence-corrected chi connectivity index (χ2v) is 4.41. The first-order valence-corrected chi connectivity index (χ1v) is 5.86. The molecule has 0 saturated carbocycles. The Balaban J connectivity index is 2.38. The number of H-pyrrole nitrogens is 1. The largest absolute Gasteiger partial charge is 0.433 e. The van der Waals surface area contributed by atoms with E-state index in [4.69, 9.17) is 5.84 Å². The number of aromatic amines is 1. The van der Waals surface area contributed by atoms with Crippen molar-refractivity contribution in [2.24, 2.45) is 5.84 Å². The molecule has 2 heterocycles. The van der Waals surface area contributed by atoms with Gasteiger partial charge in [0.05, 0.1) is 0 Å². The maximum Gasteiger partial charge on any atom is 0.433 e. The number of hydrazine groups is 1. The second kappa shape index (κ2) is 5.46. The Kier molecular flexibility index (Phi) is 3.90. The molecule has 7 nitrogen and oxygen atoms in total. The van der Waals surface area contributed by atoms with Gasteiger partial charge in [-0.25, -0.2) is 20.8 Å². The minimum Gasteiger partial charge on any atom is -0.301 e. The van der Waals surface area contributed by atoms with Crippen LogP contribution >= 0.6 is 11.8 Å². The molecule has 0 spiro atoms. The van der Waals surface area contributed by atoms with Gasteiger partial charge in [0, 0.05) is 18.3 Å². The number of halogens is 3. The number of alkyl halides is 3. The number of nitrogen functional groups attached to an aromatic ring is 1. The van der Waals surface area contributed by atoms with Crippen molar-refractivity contribution in [3.05, 3.63) is 34.4 Å². The van der Waals surface area contributed by atoms with Gasteiger partial charge in [-0.05, 0) is 11.8 Å². The number of aromatic nitrogens is 4. The molecular weight excluding hydrogens is 297 g/mol. The van der Waals surface area contributed by atoms with Gasteiger partial charge in [-0.2, -0.15) is 13.2 Å². The minimum atomic E-state index is -4.64. The molecule has 106 valence electrons. The lowest BCUT2D eigenvalue weighted by Crippen LogP contribution is -2.15. The molecular formula is C9H7F3N6OS. The summed E-state index contributed by atoms with van der Waals surface area (Å²) in [6, 6.07) is 1.91. The lowest BCUT2D eigenvalue weighted by molar-refractivity contribution is -0.141. The molecule has 0 unspecified atom stereocenters. The highest BCUT2D eigenvalue weighted by molar-refractivity contribution is 7.99. The highest BCUT2D eigenvalue weighted by Crippen LogP contribution is 2.31. The van der Waals surface area contributed by atoms with E-state index in [2.05, 4.69) is 19.9 Å². The number of nitrogens with one attached hydrogen (secondary N) is 2. The van der Waals surface area contributed by atoms with Crippen molar-refractivity contribution in [1.82, 2.24) is 19.9 Å². The van der Waals surface area contributed by atoms with Crippen LogP contribution in [0.4, 0.5) is 19.1 Å². The van der Waals surface area contributed by atoms with E-state index >= 15 is 0 Å². The zero-order chi connectivity index (χ0) is 14.8. The predicted molar refractivity (Wildman–Crippen MR) is 63.8 cm³/mol. The van der Waals surface area contributed by atoms with Gasteiger partial charge in [0.25, 0.3) is 5.56 Å². The summed E-state index contributed by atoms with van der Waals surface area (Å²) in [7, 11) is 0. The average Bonchev–Trinajstić information content (AvgIpc) is 2.37. The fourth-order valence-electron chi connectivity index (χ4n) is 1.19. The first kappa shape index (κ1) is 14.3. The molecule has 11 heteroatoms. The third kappa shape index (κ3) is 3.45. The smallest absolute Gasteiger partial charge is 0.301 e. The number of hydrogen-bond donors (Lipinski definition) is 3. The Morgan fingerprint density at radius 1 is 1.35 bits per heavy atom. The summed E-state index contributed by atoms with van der Waals surface area (Å²) in [5, 5.41) is 0.0434. The number of rotatable bonds is 3. The second-order valence-electron chi connectivity index (χ2n) is 3.40. The molecule has 0 amide bonds. The van der Waals surface area contributed by atoms with Crippen LogP contribution in [0.15, 0.2) is 33.3 Å². The van der Waals surface area contributed by atoms with E-state index in [1.54, 1.807) is 0 Å². The van der Waals surface area contributed by atoms with E-state index in [0.717, 1.165) is 17.8 Å². The Morgan fingerprint density at radius 2 is 2.10 bits per heavy atom. The molecule has 0 atom stereocenters. The number of hydrogen-bond acceptors (Lipinski definition) is 7. The van der Waals surface area contributed by atoms with Crippen molar-refractivity contribution in [3.8, 4) is 0 Å². The molecule has 0 aliphatic rings. The van der Waals surface area contributed by atoms with Crippen molar-refractivity contribution in [2.75, 3.05) is 5.43 Å². The lowest BCUT2D eigenvalue weighted by Gasteiger charge is -2.09. The maximum atomic E-state index is 12.6. The van der Waals surface area contributed by atoms with E-state index < -0.39 is 17.4 Å². The summed E-state index contributed by atoms with van der Waals surface area (Å²) in [4.78, 5) is 24.2. The van der Waals surface area contributed by atoms with Gasteiger partial charge in [0.2, 0.25) is 5.95 Å². The van der Waals surface area contributed by atoms with Gasteiger partial charge < -0.3 is 4.98 Å². The van der Waals surface area contributed by atoms with E-state index in [1.165, 1.54) is 12.3 Å². The molecule has 4 N–H and O–H groups in total. The molecule has 2 rings (SSSR count). The summed E-state index contributed by atoms with van der Waals surface area (Å²) in [6.45, 7) is 0. The topological polar surface area (TPSA) is 110 Å². The van der Waals surface area contributed by atoms with Crippen LogP contribution in [0, 0.1) is 0 Å². The van der Waals surface area contributed by atoms with Gasteiger partial charge in [-0.1, -0.05) is 0 Å². The minimum absolute atomic E-state index is 0.0605. The van der Waals surface area contributed by atoms with Crippen LogP contribution in [0.1, 0.15) is 5.69 Å². The zero-order valence-electron chi connectivity index (χ0n) is 9.60. The summed E-state index contributed by atoms with van der Waals surface area (Å²) in [5.41, 5.74) is 0.371. The fourth-order valence-corrected chi connectivity index (χ4v) is 1.96. The van der Waals surface area contributed by atoms with Gasteiger partial charge in [0.15, 0.2) is 10.9 Å². The van der Waals surface area contributed by atoms with Crippen LogP contribution in [0.2, 0.25) is 0 Å². The van der Waals surface area contributed by atoms with Gasteiger partial charge >= 0.3 is 6.18 Å². The van der Waals surface area contributed by atoms with Crippen molar-refractivity contribution in [1.29, 1.82) is 0 Å². The predicted octanol–water partition coefficient (Wildman–Crippen LogP) is 1.02. The average molecular weight is 304 g/mol. The van der Waals surface area contributed by atoms with Crippen molar-refractivity contribution in [2.45, 2.75) is 16.4 Å². The maximum absolute atomic E-state index is 12.6. The molecule has 0 aromatic carbocycles. The van der Waals surface area contributed by atoms with Gasteiger partial charge in [-0.3, -0.25) is 10.2 Å². The van der Waals surface area contributed by atoms with Crippen LogP contribution in [0.3, 0.4) is 0 Å². The van der Waals surface area contributed by atoms with Crippen molar-refractivity contribution >= 4 is 17.7 Å². The molecule has 2 aromatic rings. The number of nitrogens with zero attached hydrogens (tertiary/aromatic N) is 3. The summed E-state index contributed by atoms with van der Waals surface area (Å²) in [6.07, 6.45) is -3.41. The number of nitrogens with two attached hydrogens (primary N) is 1. The Bertz CT molecular complexity index is 673. The first-order valence-electron chi connectivity index (χ1n) is 5.04. The molecule has 0 bridgehead atoms. The summed E-state index contributed by atoms with van der Waals surface area (Å²) < 4.78 is 37.9. The summed E-state index contributed by atoms with van der Waals surface area (Å²) >= 11 is 0.748. The van der Waals surface area contributed by atoms with Crippen LogP contribution in [-0.4, -0.2) is 19.9 Å². The van der Waals surface area contributed by atoms with Gasteiger partial charge in [0.1, 0.15) is 5.03 Å². The molecule has 0 aliphatic carbocycles. The standard InChI is InChI=1S/C9H7F3N6OS/c10-9(11,12)4-3-6(17-7(15-4)18-13)20-8-14-2-1-5(19)16-8/h1-3H,13H2,(H,14,16,19)(H,15,17,18). The normalized spacial score (nSPS) is 11.4. The zero-order valence-corrected chi connectivity index (χ0v) is 10.4. The molecule has 0 aliphatic heterocycles. The van der Waals surface area contributed by atoms with Crippen molar-refractivity contribution in [3.63, 3.8) is 0 Å².